The van der Waals surface area contributed by atoms with Crippen LogP contribution in [-0.2, 0) is 9.53 Å². The molecule has 0 saturated carbocycles. The Bertz CT molecular complexity index is 762. The minimum Gasteiger partial charge on any atom is -0.486 e. The van der Waals surface area contributed by atoms with Crippen molar-refractivity contribution in [2.24, 2.45) is 17.6 Å². The van der Waals surface area contributed by atoms with Gasteiger partial charge in [0.1, 0.15) is 24.0 Å². The van der Waals surface area contributed by atoms with Gasteiger partial charge in [-0.1, -0.05) is 70.2 Å². The van der Waals surface area contributed by atoms with Gasteiger partial charge in [0.2, 0.25) is 0 Å². The maximum Gasteiger partial charge on any atom is 0.323 e. The van der Waals surface area contributed by atoms with Crippen LogP contribution in [0.15, 0.2) is 54.6 Å². The largest absolute Gasteiger partial charge is 0.486 e. The zero-order valence-corrected chi connectivity index (χ0v) is 19.5. The average Bonchev–Trinajstić information content (AvgIpc) is 2.73. The standard InChI is InChI=1S/C25H35NO3.ClH/c1-6-19(7-2)24(18(5)28-25(27)23(26)17(3)4)29-22-15-11-14-21(16-22)20-12-9-8-10-13-20;/h8-19,23-24H,6-7,26H2,1-5H3;1H/t18-,23-,24-;/m0./s1. The Morgan fingerprint density at radius 3 is 2.10 bits per heavy atom. The maximum absolute atomic E-state index is 12.4. The highest BCUT2D eigenvalue weighted by molar-refractivity contribution is 5.85. The third-order valence-corrected chi connectivity index (χ3v) is 5.48. The molecule has 0 unspecified atom stereocenters. The van der Waals surface area contributed by atoms with E-state index in [-0.39, 0.29) is 36.3 Å². The number of carbonyl (C=O) groups is 1. The Morgan fingerprint density at radius 1 is 0.933 bits per heavy atom. The second kappa shape index (κ2) is 12.6. The van der Waals surface area contributed by atoms with Gasteiger partial charge in [0, 0.05) is 0 Å². The van der Waals surface area contributed by atoms with Crippen molar-refractivity contribution in [3.63, 3.8) is 0 Å². The van der Waals surface area contributed by atoms with Crippen molar-refractivity contribution < 1.29 is 14.3 Å². The van der Waals surface area contributed by atoms with E-state index < -0.39 is 12.1 Å². The normalized spacial score (nSPS) is 14.0. The summed E-state index contributed by atoms with van der Waals surface area (Å²) >= 11 is 0. The van der Waals surface area contributed by atoms with Crippen molar-refractivity contribution in [1.82, 2.24) is 0 Å². The summed E-state index contributed by atoms with van der Waals surface area (Å²) in [6, 6.07) is 17.6. The quantitative estimate of drug-likeness (QED) is 0.475. The first-order valence-corrected chi connectivity index (χ1v) is 10.7. The van der Waals surface area contributed by atoms with E-state index in [0.717, 1.165) is 29.7 Å². The molecule has 2 rings (SSSR count). The van der Waals surface area contributed by atoms with Gasteiger partial charge < -0.3 is 15.2 Å². The van der Waals surface area contributed by atoms with Gasteiger partial charge in [-0.3, -0.25) is 4.79 Å². The minimum absolute atomic E-state index is 0. The number of hydrogen-bond donors (Lipinski definition) is 1. The van der Waals surface area contributed by atoms with Gasteiger partial charge in [0.15, 0.2) is 0 Å². The Labute approximate surface area is 187 Å². The van der Waals surface area contributed by atoms with E-state index in [4.69, 9.17) is 15.2 Å². The van der Waals surface area contributed by atoms with Crippen molar-refractivity contribution in [2.75, 3.05) is 0 Å². The summed E-state index contributed by atoms with van der Waals surface area (Å²) in [5, 5.41) is 0. The first-order valence-electron chi connectivity index (χ1n) is 10.7. The molecule has 5 heteroatoms. The van der Waals surface area contributed by atoms with E-state index in [1.54, 1.807) is 0 Å². The number of carbonyl (C=O) groups excluding carboxylic acids is 1. The molecule has 3 atom stereocenters. The fraction of sp³-hybridized carbons (Fsp3) is 0.480. The molecule has 0 aliphatic heterocycles. The number of nitrogens with two attached hydrogens (primary N) is 1. The minimum atomic E-state index is -0.624. The highest BCUT2D eigenvalue weighted by Crippen LogP contribution is 2.28. The number of halogens is 1. The van der Waals surface area contributed by atoms with Gasteiger partial charge >= 0.3 is 5.97 Å². The van der Waals surface area contributed by atoms with Gasteiger partial charge in [-0.15, -0.1) is 12.4 Å². The van der Waals surface area contributed by atoms with Gasteiger partial charge in [0.25, 0.3) is 0 Å². The average molecular weight is 434 g/mol. The third-order valence-electron chi connectivity index (χ3n) is 5.48. The second-order valence-electron chi connectivity index (χ2n) is 7.96. The van der Waals surface area contributed by atoms with Gasteiger partial charge in [-0.05, 0) is 54.9 Å². The molecule has 0 bridgehead atoms. The lowest BCUT2D eigenvalue weighted by molar-refractivity contribution is -0.157. The number of benzene rings is 2. The van der Waals surface area contributed by atoms with Crippen LogP contribution in [0.25, 0.3) is 11.1 Å². The first-order chi connectivity index (χ1) is 13.9. The molecule has 0 aliphatic carbocycles. The summed E-state index contributed by atoms with van der Waals surface area (Å²) in [4.78, 5) is 12.4. The molecule has 0 spiro atoms. The lowest BCUT2D eigenvalue weighted by Gasteiger charge is -2.32. The van der Waals surface area contributed by atoms with Crippen molar-refractivity contribution in [1.29, 1.82) is 0 Å². The first kappa shape index (κ1) is 26.0. The molecule has 2 aromatic rings. The Hall–Kier alpha value is -2.04. The fourth-order valence-corrected chi connectivity index (χ4v) is 3.47. The Kier molecular flexibility index (Phi) is 10.9. The molecule has 30 heavy (non-hydrogen) atoms. The number of ether oxygens (including phenoxy) is 2. The van der Waals surface area contributed by atoms with Crippen LogP contribution in [0.5, 0.6) is 5.75 Å². The molecule has 0 saturated heterocycles. The highest BCUT2D eigenvalue weighted by atomic mass is 35.5. The molecule has 2 N–H and O–H groups in total. The monoisotopic (exact) mass is 433 g/mol. The van der Waals surface area contributed by atoms with E-state index in [0.29, 0.717) is 0 Å². The summed E-state index contributed by atoms with van der Waals surface area (Å²) in [6.07, 6.45) is 1.26. The number of rotatable bonds is 10. The van der Waals surface area contributed by atoms with Crippen LogP contribution in [0.3, 0.4) is 0 Å². The van der Waals surface area contributed by atoms with Crippen LogP contribution in [0.2, 0.25) is 0 Å². The zero-order chi connectivity index (χ0) is 21.4. The lowest BCUT2D eigenvalue weighted by Crippen LogP contribution is -2.44. The van der Waals surface area contributed by atoms with Crippen molar-refractivity contribution in [3.8, 4) is 16.9 Å². The van der Waals surface area contributed by atoms with E-state index in [2.05, 4.69) is 32.0 Å². The van der Waals surface area contributed by atoms with Crippen molar-refractivity contribution in [2.45, 2.75) is 65.7 Å². The summed E-state index contributed by atoms with van der Waals surface area (Å²) in [5.41, 5.74) is 8.20. The predicted molar refractivity (Wildman–Crippen MR) is 126 cm³/mol. The molecule has 0 amide bonds. The molecule has 0 heterocycles. The Balaban J connectivity index is 0.00000450. The topological polar surface area (TPSA) is 61.5 Å². The Morgan fingerprint density at radius 2 is 1.53 bits per heavy atom. The van der Waals surface area contributed by atoms with Crippen LogP contribution in [0, 0.1) is 11.8 Å². The van der Waals surface area contributed by atoms with E-state index in [1.165, 1.54) is 0 Å². The zero-order valence-electron chi connectivity index (χ0n) is 18.7. The molecule has 2 aromatic carbocycles. The van der Waals surface area contributed by atoms with Gasteiger partial charge in [-0.25, -0.2) is 0 Å². The van der Waals surface area contributed by atoms with Crippen molar-refractivity contribution >= 4 is 18.4 Å². The molecule has 0 fully saturated rings. The summed E-state index contributed by atoms with van der Waals surface area (Å²) in [7, 11) is 0. The molecular formula is C25H36ClNO3. The maximum atomic E-state index is 12.4. The van der Waals surface area contributed by atoms with E-state index >= 15 is 0 Å². The SMILES string of the molecule is CCC(CC)[C@@H](Oc1cccc(-c2ccccc2)c1)[C@H](C)OC(=O)[C@@H](N)C(C)C.Cl. The number of esters is 1. The van der Waals surface area contributed by atoms with Crippen LogP contribution < -0.4 is 10.5 Å². The van der Waals surface area contributed by atoms with E-state index in [9.17, 15) is 4.79 Å². The molecular weight excluding hydrogens is 398 g/mol. The fourth-order valence-electron chi connectivity index (χ4n) is 3.47. The molecule has 4 nitrogen and oxygen atoms in total. The molecule has 166 valence electrons. The molecule has 0 aromatic heterocycles. The van der Waals surface area contributed by atoms with Crippen LogP contribution in [0.4, 0.5) is 0 Å². The lowest BCUT2D eigenvalue weighted by atomic mass is 9.92. The van der Waals surface area contributed by atoms with Crippen LogP contribution in [0.1, 0.15) is 47.5 Å². The van der Waals surface area contributed by atoms with Crippen LogP contribution >= 0.6 is 12.4 Å². The summed E-state index contributed by atoms with van der Waals surface area (Å²) in [5.74, 6) is 0.711. The third kappa shape index (κ3) is 7.03. The van der Waals surface area contributed by atoms with Crippen molar-refractivity contribution in [3.05, 3.63) is 54.6 Å². The van der Waals surface area contributed by atoms with Gasteiger partial charge in [0.05, 0.1) is 0 Å². The second-order valence-corrected chi connectivity index (χ2v) is 7.96. The molecule has 0 aliphatic rings. The predicted octanol–water partition coefficient (Wildman–Crippen LogP) is 5.87. The van der Waals surface area contributed by atoms with E-state index in [1.807, 2.05) is 57.2 Å². The van der Waals surface area contributed by atoms with Gasteiger partial charge in [-0.2, -0.15) is 0 Å². The summed E-state index contributed by atoms with van der Waals surface area (Å²) < 4.78 is 12.1. The van der Waals surface area contributed by atoms with Crippen LogP contribution in [-0.4, -0.2) is 24.2 Å². The summed E-state index contributed by atoms with van der Waals surface area (Å²) in [6.45, 7) is 10.0. The smallest absolute Gasteiger partial charge is 0.323 e. The highest BCUT2D eigenvalue weighted by Gasteiger charge is 2.31. The number of hydrogen-bond acceptors (Lipinski definition) is 4. The molecule has 0 radical (unpaired) electrons.